The molecule has 1 nitrogen and oxygen atoms in total. The van der Waals surface area contributed by atoms with Gasteiger partial charge in [0.25, 0.3) is 0 Å². The lowest BCUT2D eigenvalue weighted by molar-refractivity contribution is 0.208. The molecule has 1 heterocycles. The number of aryl methyl sites for hydroxylation is 1. The average molecular weight is 188 g/mol. The molecule has 3 heteroatoms. The van der Waals surface area contributed by atoms with Crippen LogP contribution in [0.15, 0.2) is 12.1 Å². The lowest BCUT2D eigenvalue weighted by atomic mass is 10.3. The Hall–Kier alpha value is 0.01000. The van der Waals surface area contributed by atoms with Crippen molar-refractivity contribution in [2.24, 2.45) is 0 Å². The second kappa shape index (κ2) is 4.14. The average Bonchev–Trinajstić information content (AvgIpc) is 2.36. The predicted octanol–water partition coefficient (Wildman–Crippen LogP) is 2.45. The first kappa shape index (κ1) is 9.10. The molecule has 1 aromatic rings. The Bertz CT molecular complexity index is 220. The topological polar surface area (TPSA) is 20.2 Å². The largest absolute Gasteiger partial charge is 0.387 e. The van der Waals surface area contributed by atoms with Gasteiger partial charge < -0.3 is 5.11 Å². The zero-order chi connectivity index (χ0) is 8.27. The van der Waals surface area contributed by atoms with Crippen LogP contribution in [0.2, 0.25) is 0 Å². The van der Waals surface area contributed by atoms with Crippen LogP contribution in [0.25, 0.3) is 0 Å². The number of hydrogen-bond acceptors (Lipinski definition) is 3. The molecule has 0 saturated heterocycles. The van der Waals surface area contributed by atoms with Gasteiger partial charge in [0.05, 0.1) is 6.10 Å². The van der Waals surface area contributed by atoms with E-state index in [2.05, 4.69) is 6.92 Å². The van der Waals surface area contributed by atoms with Gasteiger partial charge in [-0.3, -0.25) is 0 Å². The Morgan fingerprint density at radius 1 is 1.64 bits per heavy atom. The van der Waals surface area contributed by atoms with E-state index < -0.39 is 0 Å². The number of thioether (sulfide) groups is 1. The molecule has 1 atom stereocenters. The maximum Gasteiger partial charge on any atom is 0.0971 e. The lowest BCUT2D eigenvalue weighted by Gasteiger charge is -2.04. The van der Waals surface area contributed by atoms with Crippen molar-refractivity contribution in [3.05, 3.63) is 21.9 Å². The van der Waals surface area contributed by atoms with E-state index in [1.807, 2.05) is 18.4 Å². The Kier molecular flexibility index (Phi) is 3.43. The molecule has 0 saturated carbocycles. The molecule has 1 N–H and O–H groups in total. The molecule has 0 aliphatic carbocycles. The number of aliphatic hydroxyl groups is 1. The van der Waals surface area contributed by atoms with Crippen LogP contribution in [0.4, 0.5) is 0 Å². The molecule has 1 aromatic heterocycles. The fraction of sp³-hybridized carbons (Fsp3) is 0.500. The number of hydrogen-bond donors (Lipinski definition) is 1. The normalized spacial score (nSPS) is 13.4. The molecule has 0 spiro atoms. The van der Waals surface area contributed by atoms with Crippen LogP contribution in [-0.2, 0) is 0 Å². The summed E-state index contributed by atoms with van der Waals surface area (Å²) >= 11 is 3.34. The van der Waals surface area contributed by atoms with E-state index >= 15 is 0 Å². The Balaban J connectivity index is 2.60. The highest BCUT2D eigenvalue weighted by atomic mass is 32.2. The van der Waals surface area contributed by atoms with Gasteiger partial charge >= 0.3 is 0 Å². The smallest absolute Gasteiger partial charge is 0.0971 e. The molecule has 0 aliphatic rings. The summed E-state index contributed by atoms with van der Waals surface area (Å²) in [5.41, 5.74) is 0. The van der Waals surface area contributed by atoms with Crippen LogP contribution < -0.4 is 0 Å². The second-order valence-corrected chi connectivity index (χ2v) is 4.65. The first-order valence-electron chi connectivity index (χ1n) is 3.47. The van der Waals surface area contributed by atoms with Crippen molar-refractivity contribution in [1.82, 2.24) is 0 Å². The number of thiophene rings is 1. The first-order chi connectivity index (χ1) is 5.24. The van der Waals surface area contributed by atoms with Crippen molar-refractivity contribution in [2.75, 3.05) is 12.0 Å². The molecule has 0 aliphatic heterocycles. The van der Waals surface area contributed by atoms with Crippen LogP contribution >= 0.6 is 23.1 Å². The fourth-order valence-electron chi connectivity index (χ4n) is 0.873. The van der Waals surface area contributed by atoms with E-state index in [1.54, 1.807) is 23.1 Å². The summed E-state index contributed by atoms with van der Waals surface area (Å²) in [6, 6.07) is 4.05. The van der Waals surface area contributed by atoms with Crippen LogP contribution in [0.5, 0.6) is 0 Å². The third kappa shape index (κ3) is 2.51. The van der Waals surface area contributed by atoms with E-state index in [0.29, 0.717) is 0 Å². The van der Waals surface area contributed by atoms with E-state index in [4.69, 9.17) is 0 Å². The van der Waals surface area contributed by atoms with Crippen molar-refractivity contribution in [2.45, 2.75) is 13.0 Å². The van der Waals surface area contributed by atoms with Gasteiger partial charge in [-0.15, -0.1) is 11.3 Å². The van der Waals surface area contributed by atoms with Crippen LogP contribution in [-0.4, -0.2) is 17.1 Å². The molecule has 11 heavy (non-hydrogen) atoms. The van der Waals surface area contributed by atoms with Crippen molar-refractivity contribution in [1.29, 1.82) is 0 Å². The van der Waals surface area contributed by atoms with E-state index in [0.717, 1.165) is 10.6 Å². The molecule has 0 bridgehead atoms. The monoisotopic (exact) mass is 188 g/mol. The molecule has 0 radical (unpaired) electrons. The van der Waals surface area contributed by atoms with E-state index in [9.17, 15) is 5.11 Å². The lowest BCUT2D eigenvalue weighted by Crippen LogP contribution is -1.96. The van der Waals surface area contributed by atoms with Crippen LogP contribution in [0.1, 0.15) is 15.9 Å². The second-order valence-electron chi connectivity index (χ2n) is 2.42. The maximum atomic E-state index is 9.52. The maximum absolute atomic E-state index is 9.52. The molecule has 62 valence electrons. The van der Waals surface area contributed by atoms with Crippen molar-refractivity contribution < 1.29 is 5.11 Å². The van der Waals surface area contributed by atoms with Crippen molar-refractivity contribution in [3.63, 3.8) is 0 Å². The highest BCUT2D eigenvalue weighted by Crippen LogP contribution is 2.24. The number of aliphatic hydroxyl groups excluding tert-OH is 1. The predicted molar refractivity (Wildman–Crippen MR) is 52.4 cm³/mol. The quantitative estimate of drug-likeness (QED) is 0.786. The summed E-state index contributed by atoms with van der Waals surface area (Å²) in [6.45, 7) is 2.06. The standard InChI is InChI=1S/C8H12OS2/c1-6-3-4-8(11-6)7(9)5-10-2/h3-4,7,9H,5H2,1-2H3. The summed E-state index contributed by atoms with van der Waals surface area (Å²) in [7, 11) is 0. The molecule has 0 amide bonds. The zero-order valence-electron chi connectivity index (χ0n) is 6.70. The highest BCUT2D eigenvalue weighted by molar-refractivity contribution is 7.98. The van der Waals surface area contributed by atoms with Crippen molar-refractivity contribution >= 4 is 23.1 Å². The van der Waals surface area contributed by atoms with E-state index in [1.165, 1.54) is 4.88 Å². The van der Waals surface area contributed by atoms with Gasteiger partial charge in [0, 0.05) is 15.5 Å². The van der Waals surface area contributed by atoms with Gasteiger partial charge in [-0.25, -0.2) is 0 Å². The molecule has 1 rings (SSSR count). The summed E-state index contributed by atoms with van der Waals surface area (Å²) in [5, 5.41) is 9.52. The van der Waals surface area contributed by atoms with Gasteiger partial charge in [-0.1, -0.05) is 0 Å². The molecular formula is C8H12OS2. The SMILES string of the molecule is CSCC(O)c1ccc(C)s1. The summed E-state index contributed by atoms with van der Waals surface area (Å²) in [5.74, 6) is 0.792. The van der Waals surface area contributed by atoms with Crippen molar-refractivity contribution in [3.8, 4) is 0 Å². The van der Waals surface area contributed by atoms with Crippen LogP contribution in [0.3, 0.4) is 0 Å². The molecule has 1 unspecified atom stereocenters. The molecule has 0 aromatic carbocycles. The fourth-order valence-corrected chi connectivity index (χ4v) is 2.34. The van der Waals surface area contributed by atoms with Gasteiger partial charge in [0.15, 0.2) is 0 Å². The first-order valence-corrected chi connectivity index (χ1v) is 5.68. The van der Waals surface area contributed by atoms with Crippen LogP contribution in [0, 0.1) is 6.92 Å². The molecule has 0 fully saturated rings. The molecular weight excluding hydrogens is 176 g/mol. The Morgan fingerprint density at radius 2 is 2.36 bits per heavy atom. The number of rotatable bonds is 3. The third-order valence-corrected chi connectivity index (χ3v) is 3.17. The minimum atomic E-state index is -0.274. The van der Waals surface area contributed by atoms with Gasteiger partial charge in [-0.05, 0) is 25.3 Å². The summed E-state index contributed by atoms with van der Waals surface area (Å²) in [4.78, 5) is 2.34. The third-order valence-electron chi connectivity index (χ3n) is 1.41. The minimum absolute atomic E-state index is 0.274. The highest BCUT2D eigenvalue weighted by Gasteiger charge is 2.07. The minimum Gasteiger partial charge on any atom is -0.387 e. The zero-order valence-corrected chi connectivity index (χ0v) is 8.34. The Morgan fingerprint density at radius 3 is 2.82 bits per heavy atom. The summed E-state index contributed by atoms with van der Waals surface area (Å²) in [6.07, 6.45) is 1.73. The van der Waals surface area contributed by atoms with E-state index in [-0.39, 0.29) is 6.10 Å². The van der Waals surface area contributed by atoms with Gasteiger partial charge in [-0.2, -0.15) is 11.8 Å². The Labute approximate surface area is 75.4 Å². The van der Waals surface area contributed by atoms with Gasteiger partial charge in [0.2, 0.25) is 0 Å². The summed E-state index contributed by atoms with van der Waals surface area (Å²) < 4.78 is 0. The van der Waals surface area contributed by atoms with Gasteiger partial charge in [0.1, 0.15) is 0 Å².